The number of benzene rings is 5. The van der Waals surface area contributed by atoms with Gasteiger partial charge in [0, 0.05) is 61.4 Å². The highest BCUT2D eigenvalue weighted by atomic mass is 19.1. The van der Waals surface area contributed by atoms with E-state index in [1.165, 1.54) is 31.4 Å². The molecular formula is C55H58FN3O9. The Morgan fingerprint density at radius 2 is 1.69 bits per heavy atom. The van der Waals surface area contributed by atoms with Crippen molar-refractivity contribution in [3.8, 4) is 11.5 Å². The zero-order valence-corrected chi connectivity index (χ0v) is 38.3. The number of ether oxygens (including phenoxy) is 3. The van der Waals surface area contributed by atoms with Gasteiger partial charge in [-0.25, -0.2) is 4.39 Å². The van der Waals surface area contributed by atoms with E-state index >= 15 is 4.79 Å². The zero-order valence-electron chi connectivity index (χ0n) is 38.3. The second-order valence-electron chi connectivity index (χ2n) is 17.6. The van der Waals surface area contributed by atoms with Gasteiger partial charge in [0.05, 0.1) is 23.2 Å². The van der Waals surface area contributed by atoms with Crippen molar-refractivity contribution in [1.29, 1.82) is 0 Å². The second-order valence-corrected chi connectivity index (χ2v) is 17.6. The van der Waals surface area contributed by atoms with Crippen molar-refractivity contribution in [2.75, 3.05) is 26.9 Å². The largest absolute Gasteiger partial charge is 0.489 e. The number of aliphatic hydroxyl groups excluding tert-OH is 2. The molecule has 1 heterocycles. The lowest BCUT2D eigenvalue weighted by Gasteiger charge is -2.60. The van der Waals surface area contributed by atoms with Crippen LogP contribution in [-0.4, -0.2) is 70.4 Å². The van der Waals surface area contributed by atoms with E-state index < -0.39 is 22.7 Å². The van der Waals surface area contributed by atoms with Gasteiger partial charge in [-0.3, -0.25) is 14.9 Å². The quantitative estimate of drug-likeness (QED) is 0.0241. The van der Waals surface area contributed by atoms with E-state index in [1.807, 2.05) is 60.7 Å². The Labute approximate surface area is 396 Å². The number of non-ortho nitro benzene ring substituents is 1. The number of allylic oxidation sites excluding steroid dienone is 1. The molecule has 0 aromatic heterocycles. The molecule has 2 aliphatic carbocycles. The zero-order chi connectivity index (χ0) is 47.6. The van der Waals surface area contributed by atoms with Crippen LogP contribution in [0.5, 0.6) is 11.5 Å². The third kappa shape index (κ3) is 10.1. The second kappa shape index (κ2) is 22.0. The average molecular weight is 924 g/mol. The number of nitrogens with zero attached hydrogens (tertiary/aromatic N) is 3. The number of unbranched alkanes of at least 4 members (excludes halogenated alkanes) is 2. The minimum Gasteiger partial charge on any atom is -0.489 e. The van der Waals surface area contributed by atoms with Crippen LogP contribution in [0.1, 0.15) is 73.1 Å². The van der Waals surface area contributed by atoms with Crippen LogP contribution in [-0.2, 0) is 27.5 Å². The van der Waals surface area contributed by atoms with Gasteiger partial charge in [-0.1, -0.05) is 90.8 Å². The Kier molecular flexibility index (Phi) is 15.4. The predicted molar refractivity (Wildman–Crippen MR) is 259 cm³/mol. The van der Waals surface area contributed by atoms with Gasteiger partial charge >= 0.3 is 0 Å². The maximum Gasteiger partial charge on any atom is 0.269 e. The van der Waals surface area contributed by atoms with E-state index in [4.69, 9.17) is 24.2 Å². The molecule has 68 heavy (non-hydrogen) atoms. The van der Waals surface area contributed by atoms with Gasteiger partial charge in [-0.05, 0) is 107 Å². The van der Waals surface area contributed by atoms with Gasteiger partial charge in [0.1, 0.15) is 37.1 Å². The van der Waals surface area contributed by atoms with Crippen molar-refractivity contribution in [1.82, 2.24) is 4.90 Å². The number of rotatable bonds is 21. The standard InChI is InChI=1S/C55H58FN3O9/c1-3-31-67-55-51(58(35-40-17-12-16-38-13-4-6-18-44(38)40)52(62)28-23-37-21-24-42(25-22-37)59(63)64)34-49(57-65-2)46-32-39(14-8-10-29-60)45(19-9-11-30-61)53(54(46)55)47-33-43(26-27-50(47)68-55)66-36-41-15-5-7-20-48(41)56/h3-7,12-13,15-18,20-28,32-33,39,45,51,53-54,60-61H,1,8-11,14,19,29-31,34-36H2,2H3. The minimum absolute atomic E-state index is 0.00696. The first-order valence-electron chi connectivity index (χ1n) is 23.4. The lowest BCUT2D eigenvalue weighted by atomic mass is 9.55. The van der Waals surface area contributed by atoms with E-state index in [0.29, 0.717) is 41.2 Å². The summed E-state index contributed by atoms with van der Waals surface area (Å²) in [5.74, 6) is -2.08. The number of halogens is 1. The number of amides is 1. The number of carbonyl (C=O) groups excluding carboxylic acids is 1. The number of hydrogen-bond acceptors (Lipinski definition) is 10. The molecule has 1 aliphatic heterocycles. The highest BCUT2D eigenvalue weighted by Crippen LogP contribution is 2.62. The van der Waals surface area contributed by atoms with Crippen molar-refractivity contribution >= 4 is 34.2 Å². The molecule has 0 saturated heterocycles. The number of fused-ring (bicyclic) bond motifs is 3. The molecule has 1 amide bonds. The monoisotopic (exact) mass is 923 g/mol. The number of carbonyl (C=O) groups is 1. The third-order valence-corrected chi connectivity index (χ3v) is 13.6. The van der Waals surface area contributed by atoms with Gasteiger partial charge in [-0.2, -0.15) is 0 Å². The summed E-state index contributed by atoms with van der Waals surface area (Å²) >= 11 is 0. The van der Waals surface area contributed by atoms with Crippen LogP contribution in [0.3, 0.4) is 0 Å². The summed E-state index contributed by atoms with van der Waals surface area (Å²) in [6.07, 6.45) is 11.5. The lowest BCUT2D eigenvalue weighted by molar-refractivity contribution is -0.384. The Hall–Kier alpha value is -6.67. The Bertz CT molecular complexity index is 2680. The minimum atomic E-state index is -1.53. The molecule has 13 heteroatoms. The summed E-state index contributed by atoms with van der Waals surface area (Å²) in [4.78, 5) is 33.7. The van der Waals surface area contributed by atoms with E-state index in [9.17, 15) is 24.7 Å². The first-order valence-corrected chi connectivity index (χ1v) is 23.4. The third-order valence-electron chi connectivity index (χ3n) is 13.6. The van der Waals surface area contributed by atoms with Crippen LogP contribution < -0.4 is 9.47 Å². The van der Waals surface area contributed by atoms with Crippen LogP contribution in [0.25, 0.3) is 16.8 Å². The average Bonchev–Trinajstić information content (AvgIpc) is 3.35. The van der Waals surface area contributed by atoms with E-state index in [1.54, 1.807) is 47.4 Å². The maximum absolute atomic E-state index is 15.3. The SMILES string of the molecule is C=CCOC12Oc3ccc(OCc4ccccc4F)cc3C3C(CCCCO)C(CCCCO)C=C(C(=NOC)CC1N(Cc1cccc4ccccc14)C(=O)C=Cc1ccc([N+](=O)[O-])cc1)C32. The van der Waals surface area contributed by atoms with Crippen LogP contribution in [0.2, 0.25) is 0 Å². The van der Waals surface area contributed by atoms with Crippen molar-refractivity contribution < 1.29 is 43.4 Å². The van der Waals surface area contributed by atoms with Crippen LogP contribution in [0.15, 0.2) is 145 Å². The summed E-state index contributed by atoms with van der Waals surface area (Å²) in [6, 6.07) is 31.4. The van der Waals surface area contributed by atoms with E-state index in [-0.39, 0.29) is 74.6 Å². The molecule has 0 spiro atoms. The van der Waals surface area contributed by atoms with Gasteiger partial charge in [-0.15, -0.1) is 6.58 Å². The fraction of sp³-hybridized carbons (Fsp3) is 0.345. The fourth-order valence-corrected chi connectivity index (χ4v) is 10.6. The molecule has 6 unspecified atom stereocenters. The lowest BCUT2D eigenvalue weighted by Crippen LogP contribution is -2.70. The summed E-state index contributed by atoms with van der Waals surface area (Å²) < 4.78 is 35.8. The van der Waals surface area contributed by atoms with Gasteiger partial charge in [0.25, 0.3) is 5.69 Å². The van der Waals surface area contributed by atoms with Crippen LogP contribution in [0.4, 0.5) is 10.1 Å². The fourth-order valence-electron chi connectivity index (χ4n) is 10.6. The summed E-state index contributed by atoms with van der Waals surface area (Å²) in [6.45, 7) is 4.39. The van der Waals surface area contributed by atoms with Gasteiger partial charge < -0.3 is 34.2 Å². The number of aliphatic hydroxyl groups is 2. The van der Waals surface area contributed by atoms with Gasteiger partial charge in [0.2, 0.25) is 11.7 Å². The van der Waals surface area contributed by atoms with Gasteiger partial charge in [0.15, 0.2) is 0 Å². The van der Waals surface area contributed by atoms with Crippen molar-refractivity contribution in [2.24, 2.45) is 22.9 Å². The number of nitro benzene ring substituents is 1. The molecule has 1 fully saturated rings. The summed E-state index contributed by atoms with van der Waals surface area (Å²) in [5.41, 5.74) is 4.24. The highest BCUT2D eigenvalue weighted by molar-refractivity contribution is 6.03. The molecule has 1 saturated carbocycles. The summed E-state index contributed by atoms with van der Waals surface area (Å²) in [7, 11) is 1.51. The normalized spacial score (nSPS) is 22.2. The smallest absolute Gasteiger partial charge is 0.269 e. The highest BCUT2D eigenvalue weighted by Gasteiger charge is 2.65. The number of hydrogen-bond donors (Lipinski definition) is 2. The molecule has 12 nitrogen and oxygen atoms in total. The first-order chi connectivity index (χ1) is 33.2. The molecule has 5 aromatic carbocycles. The first kappa shape index (κ1) is 47.8. The number of oxime groups is 1. The van der Waals surface area contributed by atoms with Crippen molar-refractivity contribution in [3.63, 3.8) is 0 Å². The Morgan fingerprint density at radius 1 is 0.956 bits per heavy atom. The molecular weight excluding hydrogens is 866 g/mol. The Morgan fingerprint density at radius 3 is 2.44 bits per heavy atom. The molecule has 2 N–H and O–H groups in total. The molecule has 6 atom stereocenters. The topological polar surface area (TPSA) is 153 Å². The van der Waals surface area contributed by atoms with Crippen molar-refractivity contribution in [3.05, 3.63) is 178 Å². The summed E-state index contributed by atoms with van der Waals surface area (Å²) in [5, 5.41) is 38.1. The predicted octanol–water partition coefficient (Wildman–Crippen LogP) is 10.5. The molecule has 5 aromatic rings. The molecule has 0 bridgehead atoms. The van der Waals surface area contributed by atoms with Crippen LogP contribution >= 0.6 is 0 Å². The van der Waals surface area contributed by atoms with E-state index in [2.05, 4.69) is 12.7 Å². The number of nitro groups is 1. The maximum atomic E-state index is 15.3. The van der Waals surface area contributed by atoms with Crippen LogP contribution in [0, 0.1) is 33.7 Å². The molecule has 3 aliphatic rings. The van der Waals surface area contributed by atoms with Crippen molar-refractivity contribution in [2.45, 2.75) is 75.8 Å². The molecule has 0 radical (unpaired) electrons. The van der Waals surface area contributed by atoms with E-state index in [0.717, 1.165) is 53.2 Å². The molecule has 8 rings (SSSR count). The molecule has 354 valence electrons. The Balaban J connectivity index is 1.32.